The van der Waals surface area contributed by atoms with Crippen molar-refractivity contribution >= 4 is 23.4 Å². The monoisotopic (exact) mass is 414 g/mol. The number of halogens is 1. The number of hydrogen-bond donors (Lipinski definition) is 1. The fourth-order valence-corrected chi connectivity index (χ4v) is 3.77. The lowest BCUT2D eigenvalue weighted by Crippen LogP contribution is -2.56. The van der Waals surface area contributed by atoms with Crippen LogP contribution in [0, 0.1) is 19.3 Å². The minimum absolute atomic E-state index is 0.174. The van der Waals surface area contributed by atoms with Crippen LogP contribution in [0.15, 0.2) is 42.5 Å². The van der Waals surface area contributed by atoms with E-state index in [9.17, 15) is 9.59 Å². The Labute approximate surface area is 179 Å². The topological polar surface area (TPSA) is 49.4 Å². The third-order valence-corrected chi connectivity index (χ3v) is 5.23. The molecule has 0 aliphatic rings. The van der Waals surface area contributed by atoms with Crippen LogP contribution in [0.4, 0.5) is 0 Å². The Kier molecular flexibility index (Phi) is 7.48. The van der Waals surface area contributed by atoms with Gasteiger partial charge in [0, 0.05) is 5.56 Å². The van der Waals surface area contributed by atoms with Crippen molar-refractivity contribution in [2.75, 3.05) is 0 Å². The summed E-state index contributed by atoms with van der Waals surface area (Å²) in [4.78, 5) is 26.5. The second-order valence-corrected chi connectivity index (χ2v) is 9.05. The van der Waals surface area contributed by atoms with Crippen LogP contribution in [0.2, 0.25) is 5.02 Å². The average molecular weight is 415 g/mol. The van der Waals surface area contributed by atoms with Gasteiger partial charge in [-0.15, -0.1) is 0 Å². The molecule has 2 aromatic rings. The number of carbonyl (C=O) groups excluding carboxylic acids is 2. The van der Waals surface area contributed by atoms with Crippen LogP contribution in [-0.4, -0.2) is 22.9 Å². The van der Waals surface area contributed by atoms with Crippen molar-refractivity contribution in [1.29, 1.82) is 0 Å². The van der Waals surface area contributed by atoms with Gasteiger partial charge in [-0.3, -0.25) is 15.0 Å². The molecule has 4 nitrogen and oxygen atoms in total. The highest BCUT2D eigenvalue weighted by atomic mass is 35.5. The third kappa shape index (κ3) is 5.83. The highest BCUT2D eigenvalue weighted by Gasteiger charge is 2.35. The van der Waals surface area contributed by atoms with Crippen LogP contribution in [-0.2, 0) is 0 Å². The standard InChI is InChI=1S/C24H31ClN2O2/c1-7-10-21(24(4,5)6)27(23(29)18-14-16(2)13-17(3)15-18)26-22(28)19-11-8-9-12-20(19)25/h8-9,11-15,21H,7,10H2,1-6H3,(H,26,28). The number of benzene rings is 2. The molecule has 2 aromatic carbocycles. The van der Waals surface area contributed by atoms with Gasteiger partial charge in [0.25, 0.3) is 11.8 Å². The first-order valence-electron chi connectivity index (χ1n) is 10.0. The Morgan fingerprint density at radius 1 is 1.07 bits per heavy atom. The van der Waals surface area contributed by atoms with Crippen molar-refractivity contribution in [1.82, 2.24) is 10.4 Å². The molecule has 0 aromatic heterocycles. The first-order chi connectivity index (χ1) is 13.5. The minimum atomic E-state index is -0.390. The third-order valence-electron chi connectivity index (χ3n) is 4.90. The van der Waals surface area contributed by atoms with E-state index in [2.05, 4.69) is 33.1 Å². The fourth-order valence-electron chi connectivity index (χ4n) is 3.55. The molecule has 156 valence electrons. The molecule has 0 heterocycles. The summed E-state index contributed by atoms with van der Waals surface area (Å²) >= 11 is 6.21. The molecular weight excluding hydrogens is 384 g/mol. The summed E-state index contributed by atoms with van der Waals surface area (Å²) in [7, 11) is 0. The minimum Gasteiger partial charge on any atom is -0.267 e. The second-order valence-electron chi connectivity index (χ2n) is 8.64. The van der Waals surface area contributed by atoms with Gasteiger partial charge in [-0.1, -0.05) is 75.0 Å². The Morgan fingerprint density at radius 2 is 1.66 bits per heavy atom. The highest BCUT2D eigenvalue weighted by molar-refractivity contribution is 6.33. The molecule has 0 fully saturated rings. The summed E-state index contributed by atoms with van der Waals surface area (Å²) in [6, 6.07) is 12.4. The SMILES string of the molecule is CCCC(N(NC(=O)c1ccccc1Cl)C(=O)c1cc(C)cc(C)c1)C(C)(C)C. The molecule has 0 saturated heterocycles. The van der Waals surface area contributed by atoms with Gasteiger partial charge in [0.05, 0.1) is 16.6 Å². The van der Waals surface area contributed by atoms with E-state index in [1.807, 2.05) is 32.0 Å². The van der Waals surface area contributed by atoms with Crippen molar-refractivity contribution in [2.45, 2.75) is 60.4 Å². The molecule has 0 radical (unpaired) electrons. The molecule has 2 amide bonds. The van der Waals surface area contributed by atoms with Gasteiger partial charge in [0.2, 0.25) is 0 Å². The number of nitrogens with one attached hydrogen (secondary N) is 1. The fraction of sp³-hybridized carbons (Fsp3) is 0.417. The van der Waals surface area contributed by atoms with E-state index in [4.69, 9.17) is 11.6 Å². The zero-order chi connectivity index (χ0) is 21.8. The summed E-state index contributed by atoms with van der Waals surface area (Å²) in [5.74, 6) is -0.607. The Morgan fingerprint density at radius 3 is 2.17 bits per heavy atom. The zero-order valence-corrected chi connectivity index (χ0v) is 18.9. The maximum atomic E-state index is 13.5. The second kappa shape index (κ2) is 9.45. The van der Waals surface area contributed by atoms with Crippen LogP contribution in [0.5, 0.6) is 0 Å². The van der Waals surface area contributed by atoms with E-state index < -0.39 is 5.91 Å². The van der Waals surface area contributed by atoms with Crippen LogP contribution in [0.1, 0.15) is 72.4 Å². The first kappa shape index (κ1) is 23.0. The molecule has 0 saturated carbocycles. The van der Waals surface area contributed by atoms with Gasteiger partial charge in [-0.25, -0.2) is 5.01 Å². The number of nitrogens with zero attached hydrogens (tertiary/aromatic N) is 1. The number of hydrogen-bond acceptors (Lipinski definition) is 2. The van der Waals surface area contributed by atoms with Crippen molar-refractivity contribution in [2.24, 2.45) is 5.41 Å². The van der Waals surface area contributed by atoms with Gasteiger partial charge in [0.1, 0.15) is 0 Å². The van der Waals surface area contributed by atoms with E-state index in [1.165, 1.54) is 5.01 Å². The Balaban J connectivity index is 2.48. The highest BCUT2D eigenvalue weighted by Crippen LogP contribution is 2.29. The summed E-state index contributed by atoms with van der Waals surface area (Å²) in [6.07, 6.45) is 1.66. The van der Waals surface area contributed by atoms with Gasteiger partial charge >= 0.3 is 0 Å². The quantitative estimate of drug-likeness (QED) is 0.613. The number of hydrazine groups is 1. The van der Waals surface area contributed by atoms with Crippen LogP contribution >= 0.6 is 11.6 Å². The van der Waals surface area contributed by atoms with Crippen molar-refractivity contribution < 1.29 is 9.59 Å². The summed E-state index contributed by atoms with van der Waals surface area (Å²) < 4.78 is 0. The first-order valence-corrected chi connectivity index (χ1v) is 10.4. The summed E-state index contributed by atoms with van der Waals surface area (Å²) in [5.41, 5.74) is 5.56. The molecular formula is C24H31ClN2O2. The van der Waals surface area contributed by atoms with E-state index >= 15 is 0 Å². The van der Waals surface area contributed by atoms with Crippen LogP contribution < -0.4 is 5.43 Å². The van der Waals surface area contributed by atoms with Gasteiger partial charge in [-0.2, -0.15) is 0 Å². The molecule has 1 N–H and O–H groups in total. The molecule has 2 rings (SSSR count). The summed E-state index contributed by atoms with van der Waals surface area (Å²) in [6.45, 7) is 12.2. The predicted molar refractivity (Wildman–Crippen MR) is 119 cm³/mol. The van der Waals surface area contributed by atoms with Gasteiger partial charge in [-0.05, 0) is 49.9 Å². The number of amides is 2. The average Bonchev–Trinajstić information content (AvgIpc) is 2.62. The lowest BCUT2D eigenvalue weighted by molar-refractivity contribution is 0.0271. The number of carbonyl (C=O) groups is 2. The van der Waals surface area contributed by atoms with Crippen molar-refractivity contribution in [3.05, 3.63) is 69.7 Å². The van der Waals surface area contributed by atoms with Crippen LogP contribution in [0.25, 0.3) is 0 Å². The van der Waals surface area contributed by atoms with E-state index in [0.717, 1.165) is 24.0 Å². The molecule has 0 aliphatic heterocycles. The lowest BCUT2D eigenvalue weighted by Gasteiger charge is -2.40. The number of aryl methyl sites for hydroxylation is 2. The number of rotatable bonds is 5. The van der Waals surface area contributed by atoms with Gasteiger partial charge in [0.15, 0.2) is 0 Å². The maximum absolute atomic E-state index is 13.5. The molecule has 0 bridgehead atoms. The van der Waals surface area contributed by atoms with Gasteiger partial charge < -0.3 is 0 Å². The predicted octanol–water partition coefficient (Wildman–Crippen LogP) is 5.96. The van der Waals surface area contributed by atoms with Crippen molar-refractivity contribution in [3.8, 4) is 0 Å². The van der Waals surface area contributed by atoms with Crippen molar-refractivity contribution in [3.63, 3.8) is 0 Å². The smallest absolute Gasteiger partial charge is 0.267 e. The van der Waals surface area contributed by atoms with E-state index in [1.54, 1.807) is 24.3 Å². The molecule has 0 aliphatic carbocycles. The molecule has 1 unspecified atom stereocenters. The largest absolute Gasteiger partial charge is 0.272 e. The van der Waals surface area contributed by atoms with E-state index in [-0.39, 0.29) is 17.4 Å². The zero-order valence-electron chi connectivity index (χ0n) is 18.2. The normalized spacial score (nSPS) is 12.4. The maximum Gasteiger partial charge on any atom is 0.272 e. The Hall–Kier alpha value is -2.33. The summed E-state index contributed by atoms with van der Waals surface area (Å²) in [5, 5.41) is 1.86. The molecule has 5 heteroatoms. The lowest BCUT2D eigenvalue weighted by atomic mass is 9.83. The molecule has 29 heavy (non-hydrogen) atoms. The molecule has 0 spiro atoms. The molecule has 1 atom stereocenters. The van der Waals surface area contributed by atoms with E-state index in [0.29, 0.717) is 16.1 Å². The van der Waals surface area contributed by atoms with Crippen LogP contribution in [0.3, 0.4) is 0 Å². The Bertz CT molecular complexity index is 866.